The lowest BCUT2D eigenvalue weighted by molar-refractivity contribution is 0.0916. The Morgan fingerprint density at radius 3 is 2.38 bits per heavy atom. The van der Waals surface area contributed by atoms with E-state index in [1.165, 1.54) is 5.56 Å². The van der Waals surface area contributed by atoms with E-state index in [2.05, 4.69) is 10.2 Å². The molecule has 1 amide bonds. The van der Waals surface area contributed by atoms with Gasteiger partial charge in [0.05, 0.1) is 0 Å². The van der Waals surface area contributed by atoms with E-state index in [-0.39, 0.29) is 24.5 Å². The zero-order valence-corrected chi connectivity index (χ0v) is 14.7. The third kappa shape index (κ3) is 5.30. The van der Waals surface area contributed by atoms with Crippen LogP contribution >= 0.6 is 0 Å². The molecule has 2 rings (SSSR count). The van der Waals surface area contributed by atoms with Crippen LogP contribution in [0.25, 0.3) is 0 Å². The van der Waals surface area contributed by atoms with E-state index in [0.29, 0.717) is 18.1 Å². The van der Waals surface area contributed by atoms with Crippen molar-refractivity contribution < 1.29 is 15.0 Å². The summed E-state index contributed by atoms with van der Waals surface area (Å²) >= 11 is 0. The summed E-state index contributed by atoms with van der Waals surface area (Å²) in [7, 11) is 0. The fourth-order valence-electron chi connectivity index (χ4n) is 2.94. The predicted octanol–water partition coefficient (Wildman–Crippen LogP) is 1.64. The number of nitrogens with zero attached hydrogens (tertiary/aromatic N) is 1. The van der Waals surface area contributed by atoms with Gasteiger partial charge in [0.15, 0.2) is 0 Å². The molecule has 1 aromatic rings. The van der Waals surface area contributed by atoms with Crippen LogP contribution in [-0.4, -0.2) is 53.4 Å². The summed E-state index contributed by atoms with van der Waals surface area (Å²) in [5.74, 6) is 0.392. The third-order valence-corrected chi connectivity index (χ3v) is 5.09. The van der Waals surface area contributed by atoms with Crippen molar-refractivity contribution in [2.24, 2.45) is 11.8 Å². The number of likely N-dealkylation sites (tertiary alicyclic amines) is 1. The Bertz CT molecular complexity index is 510. The summed E-state index contributed by atoms with van der Waals surface area (Å²) < 4.78 is 0. The molecule has 1 fully saturated rings. The monoisotopic (exact) mass is 334 g/mol. The fourth-order valence-corrected chi connectivity index (χ4v) is 2.94. The highest BCUT2D eigenvalue weighted by atomic mass is 16.3. The van der Waals surface area contributed by atoms with Gasteiger partial charge < -0.3 is 15.5 Å². The highest BCUT2D eigenvalue weighted by molar-refractivity contribution is 5.94. The Morgan fingerprint density at radius 2 is 1.83 bits per heavy atom. The van der Waals surface area contributed by atoms with Crippen LogP contribution in [0.1, 0.15) is 42.6 Å². The topological polar surface area (TPSA) is 72.8 Å². The number of amides is 1. The first-order chi connectivity index (χ1) is 11.5. The standard InChI is InChI=1S/C19H30N2O3/c1-14(12-22)15(2)20-19(24)18-5-3-16(4-6-18)11-21-9-7-17(13-23)8-10-21/h3-6,14-15,17,22-23H,7-13H2,1-2H3,(H,20,24). The molecule has 0 aromatic heterocycles. The molecule has 2 atom stereocenters. The second kappa shape index (κ2) is 9.16. The lowest BCUT2D eigenvalue weighted by Gasteiger charge is -2.31. The molecule has 0 saturated carbocycles. The molecule has 1 aromatic carbocycles. The molecule has 5 heteroatoms. The van der Waals surface area contributed by atoms with E-state index in [1.807, 2.05) is 38.1 Å². The van der Waals surface area contributed by atoms with Crippen LogP contribution in [0.5, 0.6) is 0 Å². The average molecular weight is 334 g/mol. The van der Waals surface area contributed by atoms with Crippen molar-refractivity contribution in [2.45, 2.75) is 39.3 Å². The van der Waals surface area contributed by atoms with Crippen LogP contribution in [0.3, 0.4) is 0 Å². The van der Waals surface area contributed by atoms with Crippen molar-refractivity contribution in [2.75, 3.05) is 26.3 Å². The average Bonchev–Trinajstić information content (AvgIpc) is 2.62. The van der Waals surface area contributed by atoms with Crippen LogP contribution < -0.4 is 5.32 Å². The molecule has 5 nitrogen and oxygen atoms in total. The summed E-state index contributed by atoms with van der Waals surface area (Å²) in [5, 5.41) is 21.3. The number of carbonyl (C=O) groups excluding carboxylic acids is 1. The molecule has 0 radical (unpaired) electrons. The summed E-state index contributed by atoms with van der Waals surface area (Å²) in [4.78, 5) is 14.6. The normalized spacial score (nSPS) is 19.0. The molecule has 1 aliphatic rings. The van der Waals surface area contributed by atoms with Crippen molar-refractivity contribution >= 4 is 5.91 Å². The molecule has 1 heterocycles. The molecule has 1 saturated heterocycles. The summed E-state index contributed by atoms with van der Waals surface area (Å²) in [6.07, 6.45) is 2.11. The van der Waals surface area contributed by atoms with Gasteiger partial charge in [0, 0.05) is 31.4 Å². The number of benzene rings is 1. The van der Waals surface area contributed by atoms with Crippen LogP contribution in [0.15, 0.2) is 24.3 Å². The Balaban J connectivity index is 1.85. The summed E-state index contributed by atoms with van der Waals surface area (Å²) in [5.41, 5.74) is 1.85. The van der Waals surface area contributed by atoms with Gasteiger partial charge in [-0.15, -0.1) is 0 Å². The van der Waals surface area contributed by atoms with Gasteiger partial charge in [0.25, 0.3) is 5.91 Å². The Kier molecular flexibility index (Phi) is 7.21. The number of rotatable bonds is 7. The van der Waals surface area contributed by atoms with Gasteiger partial charge in [-0.25, -0.2) is 0 Å². The summed E-state index contributed by atoms with van der Waals surface area (Å²) in [6.45, 7) is 7.10. The van der Waals surface area contributed by atoms with Crippen LogP contribution in [-0.2, 0) is 6.54 Å². The lowest BCUT2D eigenvalue weighted by Crippen LogP contribution is -2.38. The van der Waals surface area contributed by atoms with Gasteiger partial charge in [-0.05, 0) is 62.4 Å². The molecular weight excluding hydrogens is 304 g/mol. The third-order valence-electron chi connectivity index (χ3n) is 5.09. The molecule has 24 heavy (non-hydrogen) atoms. The maximum absolute atomic E-state index is 12.2. The second-order valence-electron chi connectivity index (χ2n) is 7.02. The maximum Gasteiger partial charge on any atom is 0.251 e. The number of hydrogen-bond donors (Lipinski definition) is 3. The van der Waals surface area contributed by atoms with Gasteiger partial charge in [-0.2, -0.15) is 0 Å². The minimum atomic E-state index is -0.0990. The van der Waals surface area contributed by atoms with E-state index in [1.54, 1.807) is 0 Å². The Morgan fingerprint density at radius 1 is 1.21 bits per heavy atom. The lowest BCUT2D eigenvalue weighted by atomic mass is 9.97. The minimum Gasteiger partial charge on any atom is -0.396 e. The first-order valence-corrected chi connectivity index (χ1v) is 8.87. The number of hydrogen-bond acceptors (Lipinski definition) is 4. The largest absolute Gasteiger partial charge is 0.396 e. The van der Waals surface area contributed by atoms with Crippen molar-refractivity contribution in [1.82, 2.24) is 10.2 Å². The van der Waals surface area contributed by atoms with E-state index < -0.39 is 0 Å². The number of aliphatic hydroxyl groups is 2. The van der Waals surface area contributed by atoms with Gasteiger partial charge >= 0.3 is 0 Å². The zero-order valence-electron chi connectivity index (χ0n) is 14.7. The fraction of sp³-hybridized carbons (Fsp3) is 0.632. The van der Waals surface area contributed by atoms with Crippen LogP contribution in [0, 0.1) is 11.8 Å². The van der Waals surface area contributed by atoms with Crippen LogP contribution in [0.4, 0.5) is 0 Å². The molecule has 0 spiro atoms. The zero-order chi connectivity index (χ0) is 17.5. The predicted molar refractivity (Wildman–Crippen MR) is 94.7 cm³/mol. The van der Waals surface area contributed by atoms with Crippen molar-refractivity contribution in [1.29, 1.82) is 0 Å². The molecule has 2 unspecified atom stereocenters. The van der Waals surface area contributed by atoms with Gasteiger partial charge in [0.2, 0.25) is 0 Å². The second-order valence-corrected chi connectivity index (χ2v) is 7.02. The highest BCUT2D eigenvalue weighted by Gasteiger charge is 2.19. The first-order valence-electron chi connectivity index (χ1n) is 8.87. The molecular formula is C19H30N2O3. The SMILES string of the molecule is CC(CO)C(C)NC(=O)c1ccc(CN2CCC(CO)CC2)cc1. The molecule has 0 aliphatic carbocycles. The van der Waals surface area contributed by atoms with Gasteiger partial charge in [0.1, 0.15) is 0 Å². The van der Waals surface area contributed by atoms with Crippen LogP contribution in [0.2, 0.25) is 0 Å². The van der Waals surface area contributed by atoms with E-state index in [0.717, 1.165) is 32.5 Å². The molecule has 134 valence electrons. The number of nitrogens with one attached hydrogen (secondary N) is 1. The quantitative estimate of drug-likeness (QED) is 0.709. The highest BCUT2D eigenvalue weighted by Crippen LogP contribution is 2.18. The maximum atomic E-state index is 12.2. The Hall–Kier alpha value is -1.43. The number of aliphatic hydroxyl groups excluding tert-OH is 2. The Labute approximate surface area is 144 Å². The van der Waals surface area contributed by atoms with Crippen molar-refractivity contribution in [3.63, 3.8) is 0 Å². The van der Waals surface area contributed by atoms with E-state index in [9.17, 15) is 9.90 Å². The minimum absolute atomic E-state index is 0.0371. The van der Waals surface area contributed by atoms with E-state index >= 15 is 0 Å². The van der Waals surface area contributed by atoms with Gasteiger partial charge in [-0.1, -0.05) is 19.1 Å². The molecule has 1 aliphatic heterocycles. The van der Waals surface area contributed by atoms with Crippen molar-refractivity contribution in [3.05, 3.63) is 35.4 Å². The van der Waals surface area contributed by atoms with E-state index in [4.69, 9.17) is 5.11 Å². The molecule has 0 bridgehead atoms. The number of piperidine rings is 1. The first kappa shape index (κ1) is 18.9. The number of carbonyl (C=O) groups is 1. The van der Waals surface area contributed by atoms with Crippen molar-refractivity contribution in [3.8, 4) is 0 Å². The smallest absolute Gasteiger partial charge is 0.251 e. The van der Waals surface area contributed by atoms with Gasteiger partial charge in [-0.3, -0.25) is 9.69 Å². The summed E-state index contributed by atoms with van der Waals surface area (Å²) in [6, 6.07) is 7.68. The molecule has 3 N–H and O–H groups in total.